The monoisotopic (exact) mass is 679 g/mol. The zero-order valence-corrected chi connectivity index (χ0v) is 29.3. The van der Waals surface area contributed by atoms with E-state index in [1.54, 1.807) is 14.2 Å². The highest BCUT2D eigenvalue weighted by molar-refractivity contribution is 5.99. The third-order valence-electron chi connectivity index (χ3n) is 9.27. The molecule has 1 heterocycles. The van der Waals surface area contributed by atoms with Crippen LogP contribution >= 0.6 is 0 Å². The molecule has 6 aromatic rings. The highest BCUT2D eigenvalue weighted by atomic mass is 16.5. The van der Waals surface area contributed by atoms with E-state index in [0.717, 1.165) is 80.6 Å². The van der Waals surface area contributed by atoms with Gasteiger partial charge in [0.25, 0.3) is 0 Å². The minimum Gasteiger partial charge on any atom is -0.497 e. The topological polar surface area (TPSA) is 95.7 Å². The first-order chi connectivity index (χ1) is 25.1. The molecule has 3 N–H and O–H groups in total. The molecule has 0 bridgehead atoms. The smallest absolute Gasteiger partial charge is 0.224 e. The Kier molecular flexibility index (Phi) is 11.7. The summed E-state index contributed by atoms with van der Waals surface area (Å²) >= 11 is 0. The third kappa shape index (κ3) is 7.96. The molecule has 0 spiro atoms. The summed E-state index contributed by atoms with van der Waals surface area (Å²) in [6, 6.07) is 42.7. The molecular formula is C44H45N3O4. The van der Waals surface area contributed by atoms with Crippen LogP contribution in [-0.4, -0.2) is 44.8 Å². The summed E-state index contributed by atoms with van der Waals surface area (Å²) in [5, 5.41) is 4.17. The fourth-order valence-corrected chi connectivity index (χ4v) is 6.75. The Morgan fingerprint density at radius 2 is 1.31 bits per heavy atom. The number of nitrogens with two attached hydrogens (primary N) is 1. The quantitative estimate of drug-likeness (QED) is 0.0799. The molecule has 1 amide bonds. The number of ether oxygens (including phenoxy) is 3. The van der Waals surface area contributed by atoms with Crippen LogP contribution in [0.25, 0.3) is 22.0 Å². The van der Waals surface area contributed by atoms with E-state index in [2.05, 4.69) is 66.0 Å². The maximum atomic E-state index is 13.3. The van der Waals surface area contributed by atoms with Gasteiger partial charge in [-0.3, -0.25) is 9.78 Å². The maximum Gasteiger partial charge on any atom is 0.224 e. The Labute approximate surface area is 300 Å². The molecule has 0 fully saturated rings. The lowest BCUT2D eigenvalue weighted by molar-refractivity contribution is -0.120. The number of rotatable bonds is 16. The van der Waals surface area contributed by atoms with Gasteiger partial charge in [-0.2, -0.15) is 0 Å². The molecule has 0 atom stereocenters. The minimum absolute atomic E-state index is 0.0394. The van der Waals surface area contributed by atoms with Crippen molar-refractivity contribution in [3.05, 3.63) is 161 Å². The number of unbranched alkanes of at least 4 members (excludes halogenated alkanes) is 1. The molecule has 0 aliphatic rings. The van der Waals surface area contributed by atoms with Crippen LogP contribution in [0.15, 0.2) is 134 Å². The van der Waals surface area contributed by atoms with Crippen molar-refractivity contribution in [3.63, 3.8) is 0 Å². The van der Waals surface area contributed by atoms with Crippen molar-refractivity contribution < 1.29 is 19.0 Å². The standard InChI is InChI=1S/C44H45N3O4/c1-49-38-22-18-36(19-23-38)44(35-15-7-4-8-16-35,37-20-24-39(50-2)25-21-37)51-29-10-9-28-46-41(48)30-34-31-47-43-33(26-27-45)14-11-17-40(43)42(34)32-12-5-3-6-13-32/h3-8,11-25,31H,9-10,26-30,45H2,1-2H3,(H,46,48). The summed E-state index contributed by atoms with van der Waals surface area (Å²) in [5.41, 5.74) is 13.1. The highest BCUT2D eigenvalue weighted by Gasteiger charge is 2.37. The maximum absolute atomic E-state index is 13.3. The number of amides is 1. The van der Waals surface area contributed by atoms with Crippen molar-refractivity contribution in [2.45, 2.75) is 31.3 Å². The van der Waals surface area contributed by atoms with E-state index in [9.17, 15) is 4.79 Å². The number of hydrogen-bond donors (Lipinski definition) is 2. The van der Waals surface area contributed by atoms with Crippen molar-refractivity contribution >= 4 is 16.8 Å². The van der Waals surface area contributed by atoms with Gasteiger partial charge in [-0.1, -0.05) is 103 Å². The van der Waals surface area contributed by atoms with Crippen LogP contribution in [0.2, 0.25) is 0 Å². The minimum atomic E-state index is -0.871. The number of fused-ring (bicyclic) bond motifs is 1. The first-order valence-electron chi connectivity index (χ1n) is 17.5. The molecule has 6 rings (SSSR count). The molecule has 0 saturated heterocycles. The van der Waals surface area contributed by atoms with Crippen LogP contribution < -0.4 is 20.5 Å². The van der Waals surface area contributed by atoms with E-state index in [-0.39, 0.29) is 12.3 Å². The van der Waals surface area contributed by atoms with Crippen molar-refractivity contribution in [1.82, 2.24) is 10.3 Å². The Morgan fingerprint density at radius 1 is 0.706 bits per heavy atom. The van der Waals surface area contributed by atoms with E-state index in [1.807, 2.05) is 72.9 Å². The van der Waals surface area contributed by atoms with Gasteiger partial charge in [-0.15, -0.1) is 0 Å². The van der Waals surface area contributed by atoms with E-state index >= 15 is 0 Å². The molecule has 0 radical (unpaired) electrons. The number of carbonyl (C=O) groups excluding carboxylic acids is 1. The van der Waals surface area contributed by atoms with E-state index < -0.39 is 5.60 Å². The zero-order valence-electron chi connectivity index (χ0n) is 29.3. The van der Waals surface area contributed by atoms with Gasteiger partial charge in [0.15, 0.2) is 0 Å². The van der Waals surface area contributed by atoms with Gasteiger partial charge < -0.3 is 25.3 Å². The molecule has 5 aromatic carbocycles. The van der Waals surface area contributed by atoms with Crippen LogP contribution in [-0.2, 0) is 28.0 Å². The van der Waals surface area contributed by atoms with Gasteiger partial charge in [-0.25, -0.2) is 0 Å². The lowest BCUT2D eigenvalue weighted by atomic mass is 9.80. The highest BCUT2D eigenvalue weighted by Crippen LogP contribution is 2.42. The van der Waals surface area contributed by atoms with E-state index in [4.69, 9.17) is 24.9 Å². The van der Waals surface area contributed by atoms with Crippen LogP contribution in [0.1, 0.15) is 40.7 Å². The summed E-state index contributed by atoms with van der Waals surface area (Å²) in [5.74, 6) is 1.51. The molecule has 0 unspecified atom stereocenters. The molecular weight excluding hydrogens is 635 g/mol. The second-order valence-electron chi connectivity index (χ2n) is 12.5. The molecule has 7 nitrogen and oxygen atoms in total. The number of nitrogens with zero attached hydrogens (tertiary/aromatic N) is 1. The predicted octanol–water partition coefficient (Wildman–Crippen LogP) is 7.87. The number of hydrogen-bond acceptors (Lipinski definition) is 6. The zero-order chi connectivity index (χ0) is 35.5. The summed E-state index contributed by atoms with van der Waals surface area (Å²) in [7, 11) is 3.33. The Bertz CT molecular complexity index is 1970. The van der Waals surface area contributed by atoms with Crippen LogP contribution in [0.3, 0.4) is 0 Å². The van der Waals surface area contributed by atoms with Crippen LogP contribution in [0.4, 0.5) is 0 Å². The summed E-state index contributed by atoms with van der Waals surface area (Å²) in [4.78, 5) is 18.2. The Balaban J connectivity index is 1.16. The molecule has 260 valence electrons. The molecule has 51 heavy (non-hydrogen) atoms. The summed E-state index contributed by atoms with van der Waals surface area (Å²) in [6.45, 7) is 1.56. The number of nitrogens with one attached hydrogen (secondary N) is 1. The fraction of sp³-hybridized carbons (Fsp3) is 0.227. The third-order valence-corrected chi connectivity index (χ3v) is 9.27. The van der Waals surface area contributed by atoms with Gasteiger partial charge in [-0.05, 0) is 89.0 Å². The molecule has 0 saturated carbocycles. The molecule has 7 heteroatoms. The van der Waals surface area contributed by atoms with Crippen molar-refractivity contribution in [2.75, 3.05) is 33.9 Å². The number of aromatic nitrogens is 1. The SMILES string of the molecule is COc1ccc(C(OCCCCNC(=O)Cc2cnc3c(CCN)cccc3c2-c2ccccc2)(c2ccccc2)c2ccc(OC)cc2)cc1. The molecule has 1 aromatic heterocycles. The van der Waals surface area contributed by atoms with E-state index in [1.165, 1.54) is 0 Å². The van der Waals surface area contributed by atoms with Crippen molar-refractivity contribution in [1.29, 1.82) is 0 Å². The number of methoxy groups -OCH3 is 2. The number of para-hydroxylation sites is 1. The normalized spacial score (nSPS) is 11.4. The summed E-state index contributed by atoms with van der Waals surface area (Å²) < 4.78 is 17.9. The van der Waals surface area contributed by atoms with Gasteiger partial charge in [0.2, 0.25) is 5.91 Å². The van der Waals surface area contributed by atoms with Crippen molar-refractivity contribution in [2.24, 2.45) is 5.73 Å². The van der Waals surface area contributed by atoms with E-state index in [0.29, 0.717) is 19.7 Å². The summed E-state index contributed by atoms with van der Waals surface area (Å²) in [6.07, 6.45) is 4.33. The lowest BCUT2D eigenvalue weighted by Crippen LogP contribution is -2.33. The number of pyridine rings is 1. The largest absolute Gasteiger partial charge is 0.497 e. The molecule has 0 aliphatic carbocycles. The first-order valence-corrected chi connectivity index (χ1v) is 17.5. The predicted molar refractivity (Wildman–Crippen MR) is 204 cm³/mol. The van der Waals surface area contributed by atoms with Crippen LogP contribution in [0.5, 0.6) is 11.5 Å². The second-order valence-corrected chi connectivity index (χ2v) is 12.5. The number of benzene rings is 5. The second kappa shape index (κ2) is 16.9. The number of carbonyl (C=O) groups is 1. The first kappa shape index (κ1) is 35.3. The van der Waals surface area contributed by atoms with Gasteiger partial charge >= 0.3 is 0 Å². The Morgan fingerprint density at radius 3 is 1.92 bits per heavy atom. The van der Waals surface area contributed by atoms with Gasteiger partial charge in [0.1, 0.15) is 17.1 Å². The molecule has 0 aliphatic heterocycles. The van der Waals surface area contributed by atoms with Crippen molar-refractivity contribution in [3.8, 4) is 22.6 Å². The average Bonchev–Trinajstić information content (AvgIpc) is 3.18. The Hall–Kier alpha value is -5.50. The van der Waals surface area contributed by atoms with Gasteiger partial charge in [0.05, 0.1) is 26.2 Å². The van der Waals surface area contributed by atoms with Gasteiger partial charge in [0, 0.05) is 24.7 Å². The fourth-order valence-electron chi connectivity index (χ4n) is 6.75. The average molecular weight is 680 g/mol. The van der Waals surface area contributed by atoms with Crippen LogP contribution in [0, 0.1) is 0 Å². The lowest BCUT2D eigenvalue weighted by Gasteiger charge is -2.36.